The van der Waals surface area contributed by atoms with Crippen LogP contribution in [0.15, 0.2) is 12.2 Å². The maximum absolute atomic E-state index is 5.91. The largest absolute Gasteiger partial charge is 0.330 e. The van der Waals surface area contributed by atoms with Gasteiger partial charge in [-0.3, -0.25) is 0 Å². The Balaban J connectivity index is 1.58. The monoisotopic (exact) mass is 260 g/mol. The average molecular weight is 260 g/mol. The molecule has 8 unspecified atom stereocenters. The first-order chi connectivity index (χ1) is 9.35. The lowest BCUT2D eigenvalue weighted by Crippen LogP contribution is -2.38. The first-order valence-electron chi connectivity index (χ1n) is 8.43. The van der Waals surface area contributed by atoms with E-state index in [0.717, 1.165) is 60.4 Å². The summed E-state index contributed by atoms with van der Waals surface area (Å²) < 4.78 is 0. The maximum Gasteiger partial charge on any atom is -0.00744 e. The molecule has 0 spiro atoms. The molecule has 2 nitrogen and oxygen atoms in total. The number of rotatable bonds is 5. The van der Waals surface area contributed by atoms with Gasteiger partial charge in [-0.05, 0) is 92.5 Å². The topological polar surface area (TPSA) is 52.0 Å². The number of nitrogens with two attached hydrogens (primary N) is 2. The van der Waals surface area contributed by atoms with Gasteiger partial charge in [-0.2, -0.15) is 0 Å². The molecule has 0 heterocycles. The van der Waals surface area contributed by atoms with E-state index in [1.165, 1.54) is 32.1 Å². The van der Waals surface area contributed by atoms with Crippen molar-refractivity contribution in [2.45, 2.75) is 32.1 Å². The average Bonchev–Trinajstić information content (AvgIpc) is 3.14. The second kappa shape index (κ2) is 4.60. The van der Waals surface area contributed by atoms with Crippen LogP contribution in [-0.2, 0) is 0 Å². The van der Waals surface area contributed by atoms with Crippen molar-refractivity contribution in [2.75, 3.05) is 13.1 Å². The predicted octanol–water partition coefficient (Wildman–Crippen LogP) is 2.39. The molecule has 0 radical (unpaired) electrons. The van der Waals surface area contributed by atoms with Crippen LogP contribution in [0.3, 0.4) is 0 Å². The third-order valence-corrected chi connectivity index (χ3v) is 7.01. The maximum atomic E-state index is 5.91. The third-order valence-electron chi connectivity index (χ3n) is 7.01. The molecule has 0 saturated heterocycles. The molecule has 4 N–H and O–H groups in total. The summed E-state index contributed by atoms with van der Waals surface area (Å²) in [5, 5.41) is 0. The molecule has 106 valence electrons. The Labute approximate surface area is 117 Å². The minimum Gasteiger partial charge on any atom is -0.330 e. The lowest BCUT2D eigenvalue weighted by molar-refractivity contribution is 0.0777. The molecule has 19 heavy (non-hydrogen) atoms. The second-order valence-electron chi connectivity index (χ2n) is 7.50. The molecule has 0 aromatic heterocycles. The highest BCUT2D eigenvalue weighted by atomic mass is 14.7. The zero-order chi connectivity index (χ0) is 13.0. The van der Waals surface area contributed by atoms with E-state index in [4.69, 9.17) is 11.5 Å². The van der Waals surface area contributed by atoms with Crippen LogP contribution in [0.2, 0.25) is 0 Å². The van der Waals surface area contributed by atoms with Crippen LogP contribution in [0, 0.1) is 47.3 Å². The van der Waals surface area contributed by atoms with Crippen molar-refractivity contribution in [3.63, 3.8) is 0 Å². The zero-order valence-corrected chi connectivity index (χ0v) is 11.9. The Morgan fingerprint density at radius 2 is 1.42 bits per heavy atom. The van der Waals surface area contributed by atoms with Crippen LogP contribution in [0.25, 0.3) is 0 Å². The van der Waals surface area contributed by atoms with Gasteiger partial charge in [0.25, 0.3) is 0 Å². The molecule has 4 aliphatic carbocycles. The SMILES string of the molecule is NCCCC1C(CCN)C2CC1C1C3C=CC(C3)C21. The van der Waals surface area contributed by atoms with Gasteiger partial charge < -0.3 is 11.5 Å². The van der Waals surface area contributed by atoms with Crippen LogP contribution < -0.4 is 11.5 Å². The highest BCUT2D eigenvalue weighted by Crippen LogP contribution is 2.69. The fourth-order valence-corrected chi connectivity index (χ4v) is 6.69. The van der Waals surface area contributed by atoms with E-state index >= 15 is 0 Å². The van der Waals surface area contributed by atoms with Crippen molar-refractivity contribution in [3.05, 3.63) is 12.2 Å². The van der Waals surface area contributed by atoms with E-state index in [0.29, 0.717) is 0 Å². The van der Waals surface area contributed by atoms with Crippen LogP contribution in [0.4, 0.5) is 0 Å². The van der Waals surface area contributed by atoms with Gasteiger partial charge in [0.2, 0.25) is 0 Å². The smallest absolute Gasteiger partial charge is 0.00744 e. The zero-order valence-electron chi connectivity index (χ0n) is 11.9. The number of allylic oxidation sites excluding steroid dienone is 2. The molecule has 4 aliphatic rings. The first kappa shape index (κ1) is 12.4. The molecular formula is C17H28N2. The van der Waals surface area contributed by atoms with Crippen molar-refractivity contribution < 1.29 is 0 Å². The van der Waals surface area contributed by atoms with Crippen molar-refractivity contribution in [2.24, 2.45) is 58.8 Å². The van der Waals surface area contributed by atoms with Crippen molar-refractivity contribution >= 4 is 0 Å². The van der Waals surface area contributed by atoms with Gasteiger partial charge in [0.1, 0.15) is 0 Å². The summed E-state index contributed by atoms with van der Waals surface area (Å²) in [6.07, 6.45) is 11.9. The van der Waals surface area contributed by atoms with Gasteiger partial charge in [0, 0.05) is 0 Å². The van der Waals surface area contributed by atoms with E-state index in [-0.39, 0.29) is 0 Å². The van der Waals surface area contributed by atoms with E-state index < -0.39 is 0 Å². The molecule has 0 aromatic rings. The van der Waals surface area contributed by atoms with Gasteiger partial charge in [0.15, 0.2) is 0 Å². The van der Waals surface area contributed by atoms with Gasteiger partial charge in [-0.1, -0.05) is 12.2 Å². The molecule has 3 saturated carbocycles. The molecule has 0 amide bonds. The molecule has 0 aromatic carbocycles. The predicted molar refractivity (Wildman–Crippen MR) is 78.3 cm³/mol. The van der Waals surface area contributed by atoms with Crippen molar-refractivity contribution in [1.82, 2.24) is 0 Å². The lowest BCUT2D eigenvalue weighted by Gasteiger charge is -2.42. The summed E-state index contributed by atoms with van der Waals surface area (Å²) in [7, 11) is 0. The summed E-state index contributed by atoms with van der Waals surface area (Å²) in [5.41, 5.74) is 11.7. The summed E-state index contributed by atoms with van der Waals surface area (Å²) in [5.74, 6) is 7.83. The molecule has 0 aliphatic heterocycles. The molecule has 4 rings (SSSR count). The van der Waals surface area contributed by atoms with Gasteiger partial charge in [0.05, 0.1) is 0 Å². The minimum atomic E-state index is 0.864. The summed E-state index contributed by atoms with van der Waals surface area (Å²) in [4.78, 5) is 0. The first-order valence-corrected chi connectivity index (χ1v) is 8.43. The summed E-state index contributed by atoms with van der Waals surface area (Å²) in [6.45, 7) is 1.75. The quantitative estimate of drug-likeness (QED) is 0.589. The third kappa shape index (κ3) is 1.62. The van der Waals surface area contributed by atoms with Crippen molar-refractivity contribution in [3.8, 4) is 0 Å². The molecule has 2 heteroatoms. The van der Waals surface area contributed by atoms with E-state index in [2.05, 4.69) is 12.2 Å². The van der Waals surface area contributed by atoms with Crippen molar-refractivity contribution in [1.29, 1.82) is 0 Å². The Hall–Kier alpha value is -0.340. The Kier molecular flexibility index (Phi) is 3.00. The fraction of sp³-hybridized carbons (Fsp3) is 0.882. The van der Waals surface area contributed by atoms with E-state index in [9.17, 15) is 0 Å². The highest BCUT2D eigenvalue weighted by molar-refractivity contribution is 5.21. The van der Waals surface area contributed by atoms with E-state index in [1.807, 2.05) is 0 Å². The Bertz CT molecular complexity index is 377. The number of fused-ring (bicyclic) bond motifs is 9. The van der Waals surface area contributed by atoms with Gasteiger partial charge in [-0.25, -0.2) is 0 Å². The van der Waals surface area contributed by atoms with Gasteiger partial charge in [-0.15, -0.1) is 0 Å². The second-order valence-corrected chi connectivity index (χ2v) is 7.50. The minimum absolute atomic E-state index is 0.864. The highest BCUT2D eigenvalue weighted by Gasteiger charge is 2.63. The molecular weight excluding hydrogens is 232 g/mol. The fourth-order valence-electron chi connectivity index (χ4n) is 6.69. The molecule has 8 atom stereocenters. The van der Waals surface area contributed by atoms with Crippen LogP contribution >= 0.6 is 0 Å². The standard InChI is InChI=1S/C17H28N2/c18-6-1-2-12-13(5-7-19)15-9-14(12)16-10-3-4-11(8-10)17(15)16/h3-4,10-17H,1-2,5-9,18-19H2. The number of hydrogen-bond acceptors (Lipinski definition) is 2. The molecule has 4 bridgehead atoms. The van der Waals surface area contributed by atoms with Crippen LogP contribution in [-0.4, -0.2) is 13.1 Å². The van der Waals surface area contributed by atoms with E-state index in [1.54, 1.807) is 0 Å². The lowest BCUT2D eigenvalue weighted by atomic mass is 9.63. The summed E-state index contributed by atoms with van der Waals surface area (Å²) >= 11 is 0. The number of hydrogen-bond donors (Lipinski definition) is 2. The van der Waals surface area contributed by atoms with Crippen LogP contribution in [0.5, 0.6) is 0 Å². The van der Waals surface area contributed by atoms with Gasteiger partial charge >= 0.3 is 0 Å². The summed E-state index contributed by atoms with van der Waals surface area (Å²) in [6, 6.07) is 0. The van der Waals surface area contributed by atoms with Crippen LogP contribution in [0.1, 0.15) is 32.1 Å². The Morgan fingerprint density at radius 3 is 2.00 bits per heavy atom. The molecule has 3 fully saturated rings. The Morgan fingerprint density at radius 1 is 0.789 bits per heavy atom. The normalized spacial score (nSPS) is 53.2.